The molecule has 0 aliphatic rings. The van der Waals surface area contributed by atoms with Gasteiger partial charge in [-0.25, -0.2) is 0 Å². The molecule has 0 aromatic rings. The van der Waals surface area contributed by atoms with Crippen molar-refractivity contribution in [2.24, 2.45) is 5.92 Å². The van der Waals surface area contributed by atoms with E-state index in [0.29, 0.717) is 6.04 Å². The van der Waals surface area contributed by atoms with E-state index in [4.69, 9.17) is 0 Å². The molecule has 1 atom stereocenters. The first-order chi connectivity index (χ1) is 6.65. The molecule has 0 saturated carbocycles. The van der Waals surface area contributed by atoms with Crippen LogP contribution in [0.25, 0.3) is 0 Å². The molecule has 0 aliphatic carbocycles. The number of allylic oxidation sites excluding steroid dienone is 1. The predicted molar refractivity (Wildman–Crippen MR) is 65.6 cm³/mol. The summed E-state index contributed by atoms with van der Waals surface area (Å²) < 4.78 is 0. The first-order valence-electron chi connectivity index (χ1n) is 6.04. The normalized spacial score (nSPS) is 13.0. The zero-order valence-corrected chi connectivity index (χ0v) is 10.6. The second kappa shape index (κ2) is 8.05. The van der Waals surface area contributed by atoms with E-state index >= 15 is 0 Å². The quantitative estimate of drug-likeness (QED) is 0.613. The molecule has 1 heteroatoms. The van der Waals surface area contributed by atoms with Crippen LogP contribution in [0.3, 0.4) is 0 Å². The highest BCUT2D eigenvalue weighted by molar-refractivity contribution is 5.02. The van der Waals surface area contributed by atoms with Gasteiger partial charge in [0, 0.05) is 6.04 Å². The van der Waals surface area contributed by atoms with Gasteiger partial charge in [-0.15, -0.1) is 0 Å². The van der Waals surface area contributed by atoms with Crippen LogP contribution in [0.4, 0.5) is 0 Å². The largest absolute Gasteiger partial charge is 0.310 e. The summed E-state index contributed by atoms with van der Waals surface area (Å²) in [7, 11) is 0. The minimum Gasteiger partial charge on any atom is -0.310 e. The molecule has 0 rings (SSSR count). The summed E-state index contributed by atoms with van der Waals surface area (Å²) >= 11 is 0. The fourth-order valence-electron chi connectivity index (χ4n) is 1.83. The third-order valence-corrected chi connectivity index (χ3v) is 2.70. The Kier molecular flexibility index (Phi) is 7.87. The van der Waals surface area contributed by atoms with Crippen LogP contribution >= 0.6 is 0 Å². The van der Waals surface area contributed by atoms with E-state index in [1.807, 2.05) is 0 Å². The van der Waals surface area contributed by atoms with E-state index in [0.717, 1.165) is 12.5 Å². The minimum absolute atomic E-state index is 0.579. The van der Waals surface area contributed by atoms with Crippen LogP contribution in [-0.4, -0.2) is 12.6 Å². The van der Waals surface area contributed by atoms with Crippen molar-refractivity contribution < 1.29 is 0 Å². The highest BCUT2D eigenvalue weighted by Gasteiger charge is 2.14. The molecule has 0 spiro atoms. The summed E-state index contributed by atoms with van der Waals surface area (Å²) in [5, 5.41) is 3.63. The molecule has 84 valence electrons. The van der Waals surface area contributed by atoms with Crippen LogP contribution in [0, 0.1) is 5.92 Å². The van der Waals surface area contributed by atoms with Crippen molar-refractivity contribution in [1.29, 1.82) is 0 Å². The Balaban J connectivity index is 4.28. The monoisotopic (exact) mass is 197 g/mol. The van der Waals surface area contributed by atoms with Gasteiger partial charge in [-0.05, 0) is 32.7 Å². The summed E-state index contributed by atoms with van der Waals surface area (Å²) in [4.78, 5) is 0. The number of nitrogens with one attached hydrogen (secondary N) is 1. The molecule has 1 N–H and O–H groups in total. The number of rotatable bonds is 7. The molecule has 0 saturated heterocycles. The van der Waals surface area contributed by atoms with Crippen LogP contribution in [0.2, 0.25) is 0 Å². The van der Waals surface area contributed by atoms with Crippen molar-refractivity contribution in [2.75, 3.05) is 6.54 Å². The van der Waals surface area contributed by atoms with Crippen LogP contribution < -0.4 is 5.32 Å². The van der Waals surface area contributed by atoms with E-state index in [1.54, 1.807) is 0 Å². The van der Waals surface area contributed by atoms with Gasteiger partial charge in [0.2, 0.25) is 0 Å². The second-order valence-electron chi connectivity index (χ2n) is 4.30. The molecule has 0 radical (unpaired) electrons. The molecule has 14 heavy (non-hydrogen) atoms. The molecule has 0 bridgehead atoms. The first kappa shape index (κ1) is 13.7. The third-order valence-electron chi connectivity index (χ3n) is 2.70. The fourth-order valence-corrected chi connectivity index (χ4v) is 1.83. The lowest BCUT2D eigenvalue weighted by Gasteiger charge is -2.24. The van der Waals surface area contributed by atoms with Gasteiger partial charge < -0.3 is 5.32 Å². The molecule has 0 aromatic heterocycles. The molecule has 0 amide bonds. The molecule has 0 aliphatic heterocycles. The standard InChI is InChI=1S/C13H27N/c1-6-9-14-13(10-11(4)5)12(7-2)8-3/h10,12-14H,6-9H2,1-5H3. The number of hydrogen-bond acceptors (Lipinski definition) is 1. The van der Waals surface area contributed by atoms with Crippen molar-refractivity contribution in [3.05, 3.63) is 11.6 Å². The van der Waals surface area contributed by atoms with Crippen molar-refractivity contribution in [2.45, 2.75) is 59.9 Å². The lowest BCUT2D eigenvalue weighted by Crippen LogP contribution is -2.34. The Bertz CT molecular complexity index is 153. The lowest BCUT2D eigenvalue weighted by molar-refractivity contribution is 0.382. The highest BCUT2D eigenvalue weighted by Crippen LogP contribution is 2.15. The second-order valence-corrected chi connectivity index (χ2v) is 4.30. The van der Waals surface area contributed by atoms with E-state index in [-0.39, 0.29) is 0 Å². The molecule has 1 unspecified atom stereocenters. The van der Waals surface area contributed by atoms with Crippen molar-refractivity contribution in [3.63, 3.8) is 0 Å². The van der Waals surface area contributed by atoms with Crippen LogP contribution in [0.5, 0.6) is 0 Å². The zero-order valence-electron chi connectivity index (χ0n) is 10.6. The van der Waals surface area contributed by atoms with Gasteiger partial charge in [0.05, 0.1) is 0 Å². The molecular formula is C13H27N. The van der Waals surface area contributed by atoms with Crippen molar-refractivity contribution >= 4 is 0 Å². The van der Waals surface area contributed by atoms with Gasteiger partial charge in [0.25, 0.3) is 0 Å². The summed E-state index contributed by atoms with van der Waals surface area (Å²) in [6, 6.07) is 0.579. The van der Waals surface area contributed by atoms with E-state index in [1.165, 1.54) is 24.8 Å². The topological polar surface area (TPSA) is 12.0 Å². The maximum Gasteiger partial charge on any atom is 0.0280 e. The van der Waals surface area contributed by atoms with Gasteiger partial charge in [-0.2, -0.15) is 0 Å². The van der Waals surface area contributed by atoms with E-state index < -0.39 is 0 Å². The lowest BCUT2D eigenvalue weighted by atomic mass is 9.92. The Morgan fingerprint density at radius 3 is 2.07 bits per heavy atom. The Labute approximate surface area is 90.0 Å². The SMILES string of the molecule is CCCNC(C=C(C)C)C(CC)CC. The minimum atomic E-state index is 0.579. The first-order valence-corrected chi connectivity index (χ1v) is 6.04. The summed E-state index contributed by atoms with van der Waals surface area (Å²) in [5.74, 6) is 0.788. The Morgan fingerprint density at radius 2 is 1.71 bits per heavy atom. The third kappa shape index (κ3) is 5.43. The van der Waals surface area contributed by atoms with Crippen molar-refractivity contribution in [1.82, 2.24) is 5.32 Å². The van der Waals surface area contributed by atoms with Gasteiger partial charge in [0.15, 0.2) is 0 Å². The van der Waals surface area contributed by atoms with Gasteiger partial charge in [-0.1, -0.05) is 45.3 Å². The fraction of sp³-hybridized carbons (Fsp3) is 0.846. The average Bonchev–Trinajstić information content (AvgIpc) is 2.15. The van der Waals surface area contributed by atoms with Crippen LogP contribution in [0.15, 0.2) is 11.6 Å². The maximum atomic E-state index is 3.63. The predicted octanol–water partition coefficient (Wildman–Crippen LogP) is 3.76. The summed E-state index contributed by atoms with van der Waals surface area (Å²) in [5.41, 5.74) is 1.42. The van der Waals surface area contributed by atoms with Gasteiger partial charge in [-0.3, -0.25) is 0 Å². The molecule has 0 fully saturated rings. The highest BCUT2D eigenvalue weighted by atomic mass is 14.9. The van der Waals surface area contributed by atoms with Gasteiger partial charge in [0.1, 0.15) is 0 Å². The van der Waals surface area contributed by atoms with E-state index in [2.05, 4.69) is 46.0 Å². The molecule has 0 aromatic carbocycles. The molecule has 0 heterocycles. The summed E-state index contributed by atoms with van der Waals surface area (Å²) in [6.45, 7) is 12.3. The van der Waals surface area contributed by atoms with Gasteiger partial charge >= 0.3 is 0 Å². The van der Waals surface area contributed by atoms with Crippen LogP contribution in [0.1, 0.15) is 53.9 Å². The zero-order chi connectivity index (χ0) is 11.0. The average molecular weight is 197 g/mol. The Morgan fingerprint density at radius 1 is 1.14 bits per heavy atom. The molecule has 1 nitrogen and oxygen atoms in total. The number of hydrogen-bond donors (Lipinski definition) is 1. The molecular weight excluding hydrogens is 170 g/mol. The Hall–Kier alpha value is -0.300. The van der Waals surface area contributed by atoms with Crippen LogP contribution in [-0.2, 0) is 0 Å². The van der Waals surface area contributed by atoms with E-state index in [9.17, 15) is 0 Å². The van der Waals surface area contributed by atoms with Crippen molar-refractivity contribution in [3.8, 4) is 0 Å². The maximum absolute atomic E-state index is 3.63. The smallest absolute Gasteiger partial charge is 0.0280 e. The summed E-state index contributed by atoms with van der Waals surface area (Å²) in [6.07, 6.45) is 6.13.